The molecule has 0 saturated heterocycles. The number of benzene rings is 2. The summed E-state index contributed by atoms with van der Waals surface area (Å²) in [7, 11) is 7.75. The van der Waals surface area contributed by atoms with Gasteiger partial charge in [0.15, 0.2) is 11.0 Å². The Morgan fingerprint density at radius 2 is 1.88 bits per heavy atom. The Kier molecular flexibility index (Phi) is 5.28. The molecule has 1 heterocycles. The SMILES string of the molecule is COc1cccc(CSc2nnc(-c3cccc(N(C)C)c3)n2C)c1. The van der Waals surface area contributed by atoms with E-state index in [2.05, 4.69) is 39.4 Å². The van der Waals surface area contributed by atoms with E-state index in [9.17, 15) is 0 Å². The molecule has 3 aromatic rings. The summed E-state index contributed by atoms with van der Waals surface area (Å²) in [5, 5.41) is 9.63. The highest BCUT2D eigenvalue weighted by molar-refractivity contribution is 7.98. The van der Waals surface area contributed by atoms with Gasteiger partial charge >= 0.3 is 0 Å². The van der Waals surface area contributed by atoms with Crippen LogP contribution >= 0.6 is 11.8 Å². The predicted octanol–water partition coefficient (Wildman–Crippen LogP) is 3.85. The van der Waals surface area contributed by atoms with Crippen LogP contribution in [-0.2, 0) is 12.8 Å². The van der Waals surface area contributed by atoms with E-state index >= 15 is 0 Å². The van der Waals surface area contributed by atoms with Crippen LogP contribution in [0.4, 0.5) is 5.69 Å². The van der Waals surface area contributed by atoms with Gasteiger partial charge in [-0.05, 0) is 29.8 Å². The summed E-state index contributed by atoms with van der Waals surface area (Å²) in [6.45, 7) is 0. The zero-order chi connectivity index (χ0) is 17.8. The van der Waals surface area contributed by atoms with Gasteiger partial charge in [-0.25, -0.2) is 0 Å². The van der Waals surface area contributed by atoms with Gasteiger partial charge in [0.25, 0.3) is 0 Å². The van der Waals surface area contributed by atoms with Gasteiger partial charge in [-0.3, -0.25) is 0 Å². The van der Waals surface area contributed by atoms with Crippen LogP contribution in [0.25, 0.3) is 11.4 Å². The minimum Gasteiger partial charge on any atom is -0.497 e. The number of hydrogen-bond acceptors (Lipinski definition) is 5. The van der Waals surface area contributed by atoms with E-state index < -0.39 is 0 Å². The highest BCUT2D eigenvalue weighted by Gasteiger charge is 2.12. The topological polar surface area (TPSA) is 43.2 Å². The van der Waals surface area contributed by atoms with Crippen molar-refractivity contribution in [1.29, 1.82) is 0 Å². The summed E-state index contributed by atoms with van der Waals surface area (Å²) in [5.74, 6) is 2.56. The number of methoxy groups -OCH3 is 1. The molecule has 0 bridgehead atoms. The minimum atomic E-state index is 0.820. The first-order valence-corrected chi connectivity index (χ1v) is 9.00. The quantitative estimate of drug-likeness (QED) is 0.629. The first kappa shape index (κ1) is 17.4. The maximum Gasteiger partial charge on any atom is 0.191 e. The molecular formula is C19H22N4OS. The van der Waals surface area contributed by atoms with Gasteiger partial charge in [0.05, 0.1) is 7.11 Å². The smallest absolute Gasteiger partial charge is 0.191 e. The predicted molar refractivity (Wildman–Crippen MR) is 103 cm³/mol. The molecule has 130 valence electrons. The molecular weight excluding hydrogens is 332 g/mol. The lowest BCUT2D eigenvalue weighted by Gasteiger charge is -2.13. The van der Waals surface area contributed by atoms with Crippen molar-refractivity contribution in [3.63, 3.8) is 0 Å². The van der Waals surface area contributed by atoms with E-state index in [1.165, 1.54) is 5.56 Å². The average Bonchev–Trinajstić information content (AvgIpc) is 3.01. The molecule has 6 heteroatoms. The third-order valence-electron chi connectivity index (χ3n) is 3.96. The van der Waals surface area contributed by atoms with Gasteiger partial charge in [0, 0.05) is 38.1 Å². The zero-order valence-corrected chi connectivity index (χ0v) is 15.7. The van der Waals surface area contributed by atoms with Gasteiger partial charge in [-0.15, -0.1) is 10.2 Å². The van der Waals surface area contributed by atoms with Crippen LogP contribution in [0.2, 0.25) is 0 Å². The van der Waals surface area contributed by atoms with E-state index in [4.69, 9.17) is 4.74 Å². The van der Waals surface area contributed by atoms with Gasteiger partial charge in [0.1, 0.15) is 5.75 Å². The summed E-state index contributed by atoms with van der Waals surface area (Å²) in [6, 6.07) is 16.4. The van der Waals surface area contributed by atoms with Crippen LogP contribution in [0.3, 0.4) is 0 Å². The number of ether oxygens (including phenoxy) is 1. The van der Waals surface area contributed by atoms with Crippen molar-refractivity contribution in [1.82, 2.24) is 14.8 Å². The molecule has 2 aromatic carbocycles. The molecule has 0 radical (unpaired) electrons. The molecule has 0 aliphatic carbocycles. The lowest BCUT2D eigenvalue weighted by molar-refractivity contribution is 0.414. The maximum atomic E-state index is 5.28. The summed E-state index contributed by atoms with van der Waals surface area (Å²) >= 11 is 1.67. The molecule has 0 saturated carbocycles. The first-order chi connectivity index (χ1) is 12.1. The Morgan fingerprint density at radius 3 is 2.64 bits per heavy atom. The number of rotatable bonds is 6. The Morgan fingerprint density at radius 1 is 1.08 bits per heavy atom. The van der Waals surface area contributed by atoms with Crippen molar-refractivity contribution < 1.29 is 4.74 Å². The van der Waals surface area contributed by atoms with Crippen molar-refractivity contribution >= 4 is 17.4 Å². The van der Waals surface area contributed by atoms with Crippen LogP contribution in [-0.4, -0.2) is 36.0 Å². The molecule has 1 aromatic heterocycles. The number of aromatic nitrogens is 3. The van der Waals surface area contributed by atoms with E-state index in [1.807, 2.05) is 50.0 Å². The second kappa shape index (κ2) is 7.61. The molecule has 0 fully saturated rings. The monoisotopic (exact) mass is 354 g/mol. The molecule has 25 heavy (non-hydrogen) atoms. The average molecular weight is 354 g/mol. The Hall–Kier alpha value is -2.47. The highest BCUT2D eigenvalue weighted by atomic mass is 32.2. The Balaban J connectivity index is 1.78. The minimum absolute atomic E-state index is 0.820. The molecule has 0 atom stereocenters. The Labute approximate surface area is 152 Å². The fourth-order valence-electron chi connectivity index (χ4n) is 2.53. The van der Waals surface area contributed by atoms with Gasteiger partial charge in [0.2, 0.25) is 0 Å². The maximum absolute atomic E-state index is 5.28. The van der Waals surface area contributed by atoms with E-state index in [0.717, 1.165) is 33.7 Å². The van der Waals surface area contributed by atoms with Gasteiger partial charge in [-0.1, -0.05) is 36.0 Å². The third kappa shape index (κ3) is 3.96. The molecule has 0 unspecified atom stereocenters. The van der Waals surface area contributed by atoms with Crippen LogP contribution in [0.1, 0.15) is 5.56 Å². The second-order valence-corrected chi connectivity index (χ2v) is 6.89. The van der Waals surface area contributed by atoms with Crippen molar-refractivity contribution in [2.45, 2.75) is 10.9 Å². The number of nitrogens with zero attached hydrogens (tertiary/aromatic N) is 4. The second-order valence-electron chi connectivity index (χ2n) is 5.95. The fraction of sp³-hybridized carbons (Fsp3) is 0.263. The lowest BCUT2D eigenvalue weighted by Crippen LogP contribution is -2.08. The highest BCUT2D eigenvalue weighted by Crippen LogP contribution is 2.27. The van der Waals surface area contributed by atoms with E-state index in [0.29, 0.717) is 0 Å². The lowest BCUT2D eigenvalue weighted by atomic mass is 10.2. The van der Waals surface area contributed by atoms with Crippen molar-refractivity contribution in [2.75, 3.05) is 26.1 Å². The van der Waals surface area contributed by atoms with Crippen molar-refractivity contribution in [3.8, 4) is 17.1 Å². The van der Waals surface area contributed by atoms with E-state index in [-0.39, 0.29) is 0 Å². The van der Waals surface area contributed by atoms with Crippen molar-refractivity contribution in [3.05, 3.63) is 54.1 Å². The largest absolute Gasteiger partial charge is 0.497 e. The van der Waals surface area contributed by atoms with Gasteiger partial charge in [-0.2, -0.15) is 0 Å². The molecule has 0 amide bonds. The van der Waals surface area contributed by atoms with Gasteiger partial charge < -0.3 is 14.2 Å². The molecule has 0 spiro atoms. The summed E-state index contributed by atoms with van der Waals surface area (Å²) < 4.78 is 7.32. The van der Waals surface area contributed by atoms with Crippen LogP contribution < -0.4 is 9.64 Å². The number of anilines is 1. The first-order valence-electron chi connectivity index (χ1n) is 8.01. The molecule has 3 rings (SSSR count). The standard InChI is InChI=1S/C19H22N4OS/c1-22(2)16-9-6-8-15(12-16)18-20-21-19(23(18)3)25-13-14-7-5-10-17(11-14)24-4/h5-12H,13H2,1-4H3. The summed E-state index contributed by atoms with van der Waals surface area (Å²) in [5.41, 5.74) is 3.41. The Bertz CT molecular complexity index is 860. The molecule has 0 aliphatic rings. The zero-order valence-electron chi connectivity index (χ0n) is 14.9. The number of hydrogen-bond donors (Lipinski definition) is 0. The van der Waals surface area contributed by atoms with Crippen LogP contribution in [0.5, 0.6) is 5.75 Å². The number of thioether (sulfide) groups is 1. The third-order valence-corrected chi connectivity index (χ3v) is 5.05. The summed E-state index contributed by atoms with van der Waals surface area (Å²) in [4.78, 5) is 2.08. The van der Waals surface area contributed by atoms with E-state index in [1.54, 1.807) is 18.9 Å². The molecule has 0 aliphatic heterocycles. The molecule has 0 N–H and O–H groups in total. The fourth-order valence-corrected chi connectivity index (χ4v) is 3.38. The van der Waals surface area contributed by atoms with Crippen LogP contribution in [0, 0.1) is 0 Å². The molecule has 5 nitrogen and oxygen atoms in total. The van der Waals surface area contributed by atoms with Crippen LogP contribution in [0.15, 0.2) is 53.7 Å². The summed E-state index contributed by atoms with van der Waals surface area (Å²) in [6.07, 6.45) is 0. The van der Waals surface area contributed by atoms with Crippen molar-refractivity contribution in [2.24, 2.45) is 7.05 Å². The normalized spacial score (nSPS) is 10.7.